The molecule has 0 aromatic carbocycles. The molecule has 0 saturated carbocycles. The zero-order valence-electron chi connectivity index (χ0n) is 21.2. The third-order valence-electron chi connectivity index (χ3n) is 6.71. The fourth-order valence-electron chi connectivity index (χ4n) is 4.15. The van der Waals surface area contributed by atoms with Crippen molar-refractivity contribution in [3.63, 3.8) is 0 Å². The van der Waals surface area contributed by atoms with Gasteiger partial charge >= 0.3 is 5.97 Å². The van der Waals surface area contributed by atoms with Gasteiger partial charge in [-0.05, 0) is 34.8 Å². The Labute approximate surface area is 183 Å². The summed E-state index contributed by atoms with van der Waals surface area (Å²) in [5.74, 6) is -0.232. The average Bonchev–Trinajstić information content (AvgIpc) is 2.56. The summed E-state index contributed by atoms with van der Waals surface area (Å²) >= 11 is 0. The topological polar surface area (TPSA) is 44.8 Å². The lowest BCUT2D eigenvalue weighted by atomic mass is 10.1. The first-order valence-electron chi connectivity index (χ1n) is 11.1. The molecule has 0 rings (SSSR count). The Hall–Kier alpha value is -0.436. The van der Waals surface area contributed by atoms with Gasteiger partial charge in [-0.1, -0.05) is 68.4 Å². The van der Waals surface area contributed by atoms with Crippen LogP contribution in [-0.4, -0.2) is 41.9 Å². The number of carbonyl (C=O) groups is 1. The molecule has 0 spiro atoms. The zero-order chi connectivity index (χ0) is 23.2. The minimum Gasteiger partial charge on any atom is -0.469 e. The molecular weight excluding hydrogens is 396 g/mol. The summed E-state index contributed by atoms with van der Waals surface area (Å²) in [6, 6.07) is 0. The van der Waals surface area contributed by atoms with E-state index in [0.717, 1.165) is 0 Å². The molecule has 172 valence electrons. The summed E-state index contributed by atoms with van der Waals surface area (Å²) in [6.45, 7) is 28.8. The van der Waals surface area contributed by atoms with E-state index in [-0.39, 0.29) is 29.6 Å². The second-order valence-electron chi connectivity index (χ2n) is 10.7. The fraction of sp³-hybridized carbons (Fsp3) is 0.870. The zero-order valence-corrected chi connectivity index (χ0v) is 23.2. The van der Waals surface area contributed by atoms with Crippen molar-refractivity contribution in [3.8, 4) is 0 Å². The van der Waals surface area contributed by atoms with E-state index in [9.17, 15) is 4.79 Å². The molecule has 0 aromatic heterocycles. The van der Waals surface area contributed by atoms with E-state index in [1.807, 2.05) is 6.08 Å². The Morgan fingerprint density at radius 1 is 0.966 bits per heavy atom. The van der Waals surface area contributed by atoms with Gasteiger partial charge < -0.3 is 13.6 Å². The largest absolute Gasteiger partial charge is 0.469 e. The number of hydrogen-bond donors (Lipinski definition) is 0. The molecule has 0 unspecified atom stereocenters. The summed E-state index contributed by atoms with van der Waals surface area (Å²) in [5, 5.41) is 0.110. The van der Waals surface area contributed by atoms with Crippen LogP contribution in [0.25, 0.3) is 0 Å². The number of esters is 1. The maximum Gasteiger partial charge on any atom is 0.308 e. The van der Waals surface area contributed by atoms with Gasteiger partial charge in [-0.15, -0.1) is 6.58 Å². The van der Waals surface area contributed by atoms with Gasteiger partial charge in [-0.2, -0.15) is 0 Å². The van der Waals surface area contributed by atoms with E-state index < -0.39 is 16.6 Å². The third-order valence-corrected chi connectivity index (χ3v) is 17.4. The highest BCUT2D eigenvalue weighted by Crippen LogP contribution is 2.44. The van der Waals surface area contributed by atoms with Crippen molar-refractivity contribution in [2.75, 3.05) is 7.11 Å². The summed E-state index contributed by atoms with van der Waals surface area (Å²) in [6.07, 6.45) is 2.39. The quantitative estimate of drug-likeness (QED) is 0.183. The van der Waals surface area contributed by atoms with Gasteiger partial charge in [0.05, 0.1) is 25.7 Å². The van der Waals surface area contributed by atoms with E-state index in [4.69, 9.17) is 13.6 Å². The van der Waals surface area contributed by atoms with Gasteiger partial charge in [0.1, 0.15) is 0 Å². The predicted octanol–water partition coefficient (Wildman–Crippen LogP) is 7.08. The molecule has 0 amide bonds. The summed E-state index contributed by atoms with van der Waals surface area (Å²) in [7, 11) is -2.65. The van der Waals surface area contributed by atoms with Crippen LogP contribution in [0.5, 0.6) is 0 Å². The molecule has 0 fully saturated rings. The van der Waals surface area contributed by atoms with E-state index in [1.165, 1.54) is 7.11 Å². The minimum atomic E-state index is -2.13. The monoisotopic (exact) mass is 444 g/mol. The molecule has 0 radical (unpaired) electrons. The van der Waals surface area contributed by atoms with E-state index in [2.05, 4.69) is 82.0 Å². The normalized spacial score (nSPS) is 15.7. The molecule has 0 saturated heterocycles. The van der Waals surface area contributed by atoms with Crippen molar-refractivity contribution < 1.29 is 18.4 Å². The summed E-state index contributed by atoms with van der Waals surface area (Å²) in [4.78, 5) is 12.2. The SMILES string of the molecule is C=C[C@H](C[C@H](CC(=O)OC)O[Si](C(C)C)(C(C)C)C(C)C)O[Si](C)(C)C(C)(C)C. The van der Waals surface area contributed by atoms with Crippen LogP contribution < -0.4 is 0 Å². The van der Waals surface area contributed by atoms with E-state index in [0.29, 0.717) is 23.0 Å². The standard InChI is InChI=1S/C23H48O4Si2/c1-14-20(26-28(12,13)23(8,9)10)15-21(16-22(24)25-11)27-29(17(2)3,18(4)5)19(6)7/h14,17-21H,1,15-16H2,2-13H3/t20-,21-/m1/s1. The Bertz CT molecular complexity index is 500. The molecule has 0 aliphatic rings. The molecule has 6 heteroatoms. The second-order valence-corrected chi connectivity index (χ2v) is 20.9. The van der Waals surface area contributed by atoms with Crippen LogP contribution in [0, 0.1) is 0 Å². The van der Waals surface area contributed by atoms with Crippen LogP contribution >= 0.6 is 0 Å². The summed E-state index contributed by atoms with van der Waals surface area (Å²) in [5.41, 5.74) is 1.35. The first-order valence-corrected chi connectivity index (χ1v) is 16.1. The Morgan fingerprint density at radius 3 is 1.72 bits per heavy atom. The van der Waals surface area contributed by atoms with E-state index >= 15 is 0 Å². The highest BCUT2D eigenvalue weighted by atomic mass is 28.4. The van der Waals surface area contributed by atoms with Crippen LogP contribution in [0.2, 0.25) is 34.8 Å². The average molecular weight is 445 g/mol. The molecule has 0 aromatic rings. The molecule has 0 N–H and O–H groups in total. The first-order chi connectivity index (χ1) is 13.0. The maximum absolute atomic E-state index is 12.2. The highest BCUT2D eigenvalue weighted by Gasteiger charge is 2.47. The minimum absolute atomic E-state index is 0.110. The molecule has 4 nitrogen and oxygen atoms in total. The van der Waals surface area contributed by atoms with Crippen molar-refractivity contribution in [1.82, 2.24) is 0 Å². The van der Waals surface area contributed by atoms with Crippen LogP contribution in [0.15, 0.2) is 12.7 Å². The molecule has 0 aliphatic heterocycles. The van der Waals surface area contributed by atoms with Crippen molar-refractivity contribution in [1.29, 1.82) is 0 Å². The van der Waals surface area contributed by atoms with Crippen LogP contribution in [0.1, 0.15) is 75.2 Å². The van der Waals surface area contributed by atoms with Gasteiger partial charge in [-0.3, -0.25) is 4.79 Å². The van der Waals surface area contributed by atoms with Gasteiger partial charge in [0.2, 0.25) is 8.32 Å². The molecule has 2 atom stereocenters. The van der Waals surface area contributed by atoms with Crippen LogP contribution in [0.3, 0.4) is 0 Å². The number of carbonyl (C=O) groups excluding carboxylic acids is 1. The molecule has 0 bridgehead atoms. The maximum atomic E-state index is 12.2. The molecule has 0 heterocycles. The lowest BCUT2D eigenvalue weighted by Gasteiger charge is -2.45. The number of methoxy groups -OCH3 is 1. The van der Waals surface area contributed by atoms with Gasteiger partial charge in [0.15, 0.2) is 8.32 Å². The van der Waals surface area contributed by atoms with Crippen molar-refractivity contribution in [2.45, 2.75) is 122 Å². The Morgan fingerprint density at radius 2 is 1.41 bits per heavy atom. The molecular formula is C23H48O4Si2. The van der Waals surface area contributed by atoms with Crippen molar-refractivity contribution in [3.05, 3.63) is 12.7 Å². The van der Waals surface area contributed by atoms with Crippen LogP contribution in [-0.2, 0) is 18.4 Å². The van der Waals surface area contributed by atoms with E-state index in [1.54, 1.807) is 0 Å². The van der Waals surface area contributed by atoms with Crippen LogP contribution in [0.4, 0.5) is 0 Å². The number of hydrogen-bond acceptors (Lipinski definition) is 4. The lowest BCUT2D eigenvalue weighted by Crippen LogP contribution is -2.51. The third kappa shape index (κ3) is 7.64. The Kier molecular flexibility index (Phi) is 11.1. The summed E-state index contributed by atoms with van der Waals surface area (Å²) < 4.78 is 18.5. The number of ether oxygens (including phenoxy) is 1. The predicted molar refractivity (Wildman–Crippen MR) is 129 cm³/mol. The highest BCUT2D eigenvalue weighted by molar-refractivity contribution is 6.77. The second kappa shape index (κ2) is 11.3. The van der Waals surface area contributed by atoms with Crippen molar-refractivity contribution >= 4 is 22.6 Å². The van der Waals surface area contributed by atoms with Crippen molar-refractivity contribution in [2.24, 2.45) is 0 Å². The van der Waals surface area contributed by atoms with Gasteiger partial charge in [-0.25, -0.2) is 0 Å². The molecule has 29 heavy (non-hydrogen) atoms. The van der Waals surface area contributed by atoms with Gasteiger partial charge in [0, 0.05) is 6.42 Å². The fourth-order valence-corrected chi connectivity index (χ4v) is 11.0. The lowest BCUT2D eigenvalue weighted by molar-refractivity contribution is -0.142. The van der Waals surface area contributed by atoms with Gasteiger partial charge in [0.25, 0.3) is 0 Å². The first kappa shape index (κ1) is 28.6. The smallest absolute Gasteiger partial charge is 0.308 e. The number of rotatable bonds is 12. The Balaban J connectivity index is 5.82. The molecule has 0 aliphatic carbocycles.